The molecule has 9 heteroatoms. The Kier molecular flexibility index (Phi) is 4.43. The monoisotopic (exact) mass is 291 g/mol. The second-order valence-corrected chi connectivity index (χ2v) is 6.01. The Morgan fingerprint density at radius 1 is 1.44 bits per heavy atom. The molecule has 7 nitrogen and oxygen atoms in total. The third-order valence-corrected chi connectivity index (χ3v) is 4.62. The topological polar surface area (TPSA) is 115 Å². The second-order valence-electron chi connectivity index (χ2n) is 3.39. The van der Waals surface area contributed by atoms with Crippen LogP contribution in [0.4, 0.5) is 0 Å². The lowest BCUT2D eigenvalue weighted by molar-refractivity contribution is -0.307. The highest BCUT2D eigenvalue weighted by molar-refractivity contribution is 7.89. The summed E-state index contributed by atoms with van der Waals surface area (Å²) in [6, 6.07) is -0.174. The fourth-order valence-corrected chi connectivity index (χ4v) is 3.46. The number of amides is 1. The van der Waals surface area contributed by atoms with Crippen LogP contribution in [0.15, 0.2) is 16.3 Å². The molecule has 0 radical (unpaired) electrons. The molecule has 0 unspecified atom stereocenters. The maximum Gasteiger partial charge on any atom is 0.261 e. The van der Waals surface area contributed by atoms with Gasteiger partial charge in [0, 0.05) is 12.4 Å². The predicted molar refractivity (Wildman–Crippen MR) is 62.5 cm³/mol. The molecule has 100 valence electrons. The fourth-order valence-electron chi connectivity index (χ4n) is 1.05. The molecule has 1 atom stereocenters. The number of hydrogen-bond acceptors (Lipinski definition) is 6. The first-order valence-electron chi connectivity index (χ1n) is 4.81. The molecule has 18 heavy (non-hydrogen) atoms. The lowest BCUT2D eigenvalue weighted by Crippen LogP contribution is -2.45. The van der Waals surface area contributed by atoms with Gasteiger partial charge in [-0.2, -0.15) is 0 Å². The molecule has 0 spiro atoms. The molecule has 0 aliphatic heterocycles. The number of thiophene rings is 1. The minimum absolute atomic E-state index is 0.154. The van der Waals surface area contributed by atoms with Gasteiger partial charge in [0.25, 0.3) is 5.91 Å². The molecule has 1 rings (SSSR count). The predicted octanol–water partition coefficient (Wildman–Crippen LogP) is -1.48. The van der Waals surface area contributed by atoms with Gasteiger partial charge in [-0.15, -0.1) is 11.3 Å². The van der Waals surface area contributed by atoms with Crippen molar-refractivity contribution >= 4 is 33.2 Å². The fraction of sp³-hybridized carbons (Fsp3) is 0.333. The van der Waals surface area contributed by atoms with Crippen molar-refractivity contribution in [3.8, 4) is 0 Å². The first kappa shape index (κ1) is 14.6. The average Bonchev–Trinajstić information content (AvgIpc) is 2.77. The maximum atomic E-state index is 11.7. The Labute approximate surface area is 108 Å². The molecule has 2 N–H and O–H groups in total. The van der Waals surface area contributed by atoms with E-state index in [4.69, 9.17) is 0 Å². The van der Waals surface area contributed by atoms with Crippen LogP contribution in [-0.4, -0.2) is 33.4 Å². The first-order chi connectivity index (χ1) is 8.27. The van der Waals surface area contributed by atoms with E-state index in [1.807, 2.05) is 4.72 Å². The zero-order chi connectivity index (χ0) is 13.9. The van der Waals surface area contributed by atoms with Crippen molar-refractivity contribution in [1.82, 2.24) is 10.0 Å². The van der Waals surface area contributed by atoms with E-state index in [9.17, 15) is 23.1 Å². The first-order valence-corrected chi connectivity index (χ1v) is 7.18. The van der Waals surface area contributed by atoms with Gasteiger partial charge in [0.1, 0.15) is 0 Å². The van der Waals surface area contributed by atoms with Crippen LogP contribution in [0.3, 0.4) is 0 Å². The van der Waals surface area contributed by atoms with Crippen LogP contribution in [0.25, 0.3) is 0 Å². The SMILES string of the molecule is CNC(=O)c1cc(S(=O)(=O)N[C@H](C)C(=O)[O-])cs1. The molecule has 1 amide bonds. The van der Waals surface area contributed by atoms with Crippen LogP contribution in [0.1, 0.15) is 16.6 Å². The van der Waals surface area contributed by atoms with E-state index in [2.05, 4.69) is 5.32 Å². The highest BCUT2D eigenvalue weighted by atomic mass is 32.2. The third-order valence-electron chi connectivity index (χ3n) is 2.02. The molecular weight excluding hydrogens is 280 g/mol. The van der Waals surface area contributed by atoms with Crippen molar-refractivity contribution in [3.63, 3.8) is 0 Å². The summed E-state index contributed by atoms with van der Waals surface area (Å²) >= 11 is 0.950. The van der Waals surface area contributed by atoms with Gasteiger partial charge >= 0.3 is 0 Å². The summed E-state index contributed by atoms with van der Waals surface area (Å²) in [5, 5.41) is 14.1. The number of nitrogens with one attached hydrogen (secondary N) is 2. The lowest BCUT2D eigenvalue weighted by atomic mass is 10.4. The summed E-state index contributed by atoms with van der Waals surface area (Å²) in [6.45, 7) is 1.15. The zero-order valence-corrected chi connectivity index (χ0v) is 11.2. The van der Waals surface area contributed by atoms with Gasteiger partial charge in [-0.05, 0) is 13.0 Å². The van der Waals surface area contributed by atoms with Crippen molar-refractivity contribution in [1.29, 1.82) is 0 Å². The van der Waals surface area contributed by atoms with Crippen molar-refractivity contribution < 1.29 is 23.1 Å². The van der Waals surface area contributed by atoms with Crippen LogP contribution < -0.4 is 15.1 Å². The Morgan fingerprint density at radius 2 is 2.06 bits per heavy atom. The van der Waals surface area contributed by atoms with Crippen molar-refractivity contribution in [2.24, 2.45) is 0 Å². The summed E-state index contributed by atoms with van der Waals surface area (Å²) < 4.78 is 25.4. The zero-order valence-electron chi connectivity index (χ0n) is 9.59. The summed E-state index contributed by atoms with van der Waals surface area (Å²) in [7, 11) is -2.54. The normalized spacial score (nSPS) is 13.0. The van der Waals surface area contributed by atoms with Gasteiger partial charge in [0.2, 0.25) is 10.0 Å². The molecule has 0 aliphatic rings. The number of sulfonamides is 1. The van der Waals surface area contributed by atoms with E-state index in [0.717, 1.165) is 18.3 Å². The average molecular weight is 291 g/mol. The number of carboxylic acid groups (broad SMARTS) is 1. The summed E-state index contributed by atoms with van der Waals surface area (Å²) in [5.41, 5.74) is 0. The van der Waals surface area contributed by atoms with E-state index in [-0.39, 0.29) is 9.77 Å². The van der Waals surface area contributed by atoms with E-state index in [1.54, 1.807) is 0 Å². The van der Waals surface area contributed by atoms with E-state index < -0.39 is 27.9 Å². The number of carboxylic acids is 1. The van der Waals surface area contributed by atoms with Crippen LogP contribution in [0.2, 0.25) is 0 Å². The minimum Gasteiger partial charge on any atom is -0.548 e. The third kappa shape index (κ3) is 3.28. The molecule has 0 aliphatic carbocycles. The molecule has 0 saturated heterocycles. The maximum absolute atomic E-state index is 11.7. The smallest absolute Gasteiger partial charge is 0.261 e. The standard InChI is InChI=1S/C9H12N2O5S2/c1-5(9(13)14)11-18(15,16)6-3-7(17-4-6)8(12)10-2/h3-5,11H,1-2H3,(H,10,12)(H,13,14)/p-1/t5-/m1/s1. The molecule has 1 aromatic rings. The molecule has 0 saturated carbocycles. The Hall–Kier alpha value is -1.45. The molecule has 1 aromatic heterocycles. The van der Waals surface area contributed by atoms with E-state index >= 15 is 0 Å². The van der Waals surface area contributed by atoms with Gasteiger partial charge < -0.3 is 15.2 Å². The minimum atomic E-state index is -3.97. The summed E-state index contributed by atoms with van der Waals surface area (Å²) in [4.78, 5) is 21.8. The van der Waals surface area contributed by atoms with Gasteiger partial charge in [-0.1, -0.05) is 0 Å². The largest absolute Gasteiger partial charge is 0.548 e. The number of carbonyl (C=O) groups excluding carboxylic acids is 2. The van der Waals surface area contributed by atoms with Crippen molar-refractivity contribution in [2.45, 2.75) is 17.9 Å². The summed E-state index contributed by atoms with van der Waals surface area (Å²) in [5.74, 6) is -1.94. The van der Waals surface area contributed by atoms with Crippen molar-refractivity contribution in [3.05, 3.63) is 16.3 Å². The van der Waals surface area contributed by atoms with Gasteiger partial charge in [0.15, 0.2) is 0 Å². The molecule has 0 fully saturated rings. The number of rotatable bonds is 5. The lowest BCUT2D eigenvalue weighted by Gasteiger charge is -2.13. The van der Waals surface area contributed by atoms with E-state index in [0.29, 0.717) is 0 Å². The number of hydrogen-bond donors (Lipinski definition) is 2. The van der Waals surface area contributed by atoms with Crippen LogP contribution in [0.5, 0.6) is 0 Å². The molecular formula is C9H11N2O5S2-. The second kappa shape index (κ2) is 5.46. The molecule has 0 bridgehead atoms. The van der Waals surface area contributed by atoms with Crippen molar-refractivity contribution in [2.75, 3.05) is 7.05 Å². The van der Waals surface area contributed by atoms with Crippen LogP contribution in [0, 0.1) is 0 Å². The summed E-state index contributed by atoms with van der Waals surface area (Å²) in [6.07, 6.45) is 0. The van der Waals surface area contributed by atoms with Gasteiger partial charge in [-0.3, -0.25) is 4.79 Å². The van der Waals surface area contributed by atoms with E-state index in [1.165, 1.54) is 18.5 Å². The Morgan fingerprint density at radius 3 is 2.56 bits per heavy atom. The Bertz CT molecular complexity index is 563. The highest BCUT2D eigenvalue weighted by Crippen LogP contribution is 2.19. The van der Waals surface area contributed by atoms with Gasteiger partial charge in [0.05, 0.1) is 21.8 Å². The quantitative estimate of drug-likeness (QED) is 0.687. The van der Waals surface area contributed by atoms with Crippen LogP contribution in [-0.2, 0) is 14.8 Å². The highest BCUT2D eigenvalue weighted by Gasteiger charge is 2.20. The number of carbonyl (C=O) groups is 2. The Balaban J connectivity index is 2.96. The molecule has 1 heterocycles. The molecule has 0 aromatic carbocycles. The van der Waals surface area contributed by atoms with Gasteiger partial charge in [-0.25, -0.2) is 13.1 Å². The van der Waals surface area contributed by atoms with Crippen LogP contribution >= 0.6 is 11.3 Å². The number of aliphatic carboxylic acids is 1.